The summed E-state index contributed by atoms with van der Waals surface area (Å²) in [6, 6.07) is 7.69. The molecular weight excluding hydrogens is 264 g/mol. The lowest BCUT2D eigenvalue weighted by Crippen LogP contribution is -2.17. The second-order valence-corrected chi connectivity index (χ2v) is 5.56. The summed E-state index contributed by atoms with van der Waals surface area (Å²) in [5, 5.41) is 2.86. The molecule has 108 valence electrons. The molecule has 1 aliphatic carbocycles. The molecule has 21 heavy (non-hydrogen) atoms. The zero-order valence-electron chi connectivity index (χ0n) is 12.1. The average molecular weight is 282 g/mol. The van der Waals surface area contributed by atoms with Crippen LogP contribution < -0.4 is 5.32 Å². The van der Waals surface area contributed by atoms with Gasteiger partial charge in [0.15, 0.2) is 5.78 Å². The Bertz CT molecular complexity index is 683. The number of nitrogens with zero attached hydrogens (tertiary/aromatic N) is 1. The minimum atomic E-state index is -0.0846. The Labute approximate surface area is 123 Å². The maximum absolute atomic E-state index is 12.0. The number of fused-ring (bicyclic) bond motifs is 1. The first-order chi connectivity index (χ1) is 10.1. The number of nitrogens with one attached hydrogen (secondary N) is 1. The molecule has 2 aromatic rings. The average Bonchev–Trinajstić information content (AvgIpc) is 2.85. The van der Waals surface area contributed by atoms with E-state index in [0.717, 1.165) is 35.2 Å². The summed E-state index contributed by atoms with van der Waals surface area (Å²) in [5.41, 5.74) is 3.79. The molecule has 0 spiro atoms. The van der Waals surface area contributed by atoms with Gasteiger partial charge in [-0.2, -0.15) is 0 Å². The van der Waals surface area contributed by atoms with Crippen molar-refractivity contribution in [3.05, 3.63) is 53.3 Å². The van der Waals surface area contributed by atoms with Crippen LogP contribution in [0, 0.1) is 6.92 Å². The summed E-state index contributed by atoms with van der Waals surface area (Å²) in [6.45, 7) is 2.24. The maximum Gasteiger partial charge on any atom is 0.244 e. The van der Waals surface area contributed by atoms with E-state index in [0.29, 0.717) is 6.42 Å². The third-order valence-electron chi connectivity index (χ3n) is 3.77. The van der Waals surface area contributed by atoms with Crippen molar-refractivity contribution in [2.75, 3.05) is 5.32 Å². The Morgan fingerprint density at radius 1 is 1.19 bits per heavy atom. The molecule has 0 unspecified atom stereocenters. The number of rotatable bonds is 3. The molecule has 1 N–H and O–H groups in total. The number of amides is 1. The maximum atomic E-state index is 12.0. The molecule has 0 fully saturated rings. The van der Waals surface area contributed by atoms with E-state index in [-0.39, 0.29) is 18.2 Å². The molecule has 0 saturated heterocycles. The molecule has 4 heteroatoms. The van der Waals surface area contributed by atoms with Crippen LogP contribution in [0.4, 0.5) is 5.69 Å². The molecule has 0 saturated carbocycles. The first-order valence-corrected chi connectivity index (χ1v) is 7.20. The van der Waals surface area contributed by atoms with E-state index in [9.17, 15) is 9.59 Å². The van der Waals surface area contributed by atoms with Gasteiger partial charge in [-0.1, -0.05) is 17.7 Å². The SMILES string of the molecule is Cc1ccc(NC(=O)Cn2cc3c(c2)C(=O)CCC3)cc1. The summed E-state index contributed by atoms with van der Waals surface area (Å²) in [5.74, 6) is 0.104. The highest BCUT2D eigenvalue weighted by Crippen LogP contribution is 2.22. The van der Waals surface area contributed by atoms with Gasteiger partial charge in [0.05, 0.1) is 0 Å². The number of carbonyl (C=O) groups is 2. The fourth-order valence-corrected chi connectivity index (χ4v) is 2.67. The van der Waals surface area contributed by atoms with Gasteiger partial charge in [-0.05, 0) is 37.5 Å². The van der Waals surface area contributed by atoms with Gasteiger partial charge in [-0.15, -0.1) is 0 Å². The Balaban J connectivity index is 1.67. The summed E-state index contributed by atoms with van der Waals surface area (Å²) in [6.07, 6.45) is 6.16. The number of benzene rings is 1. The van der Waals surface area contributed by atoms with Crippen LogP contribution >= 0.6 is 0 Å². The molecule has 0 radical (unpaired) electrons. The molecule has 1 amide bonds. The molecule has 1 aromatic heterocycles. The molecule has 0 atom stereocenters. The second-order valence-electron chi connectivity index (χ2n) is 5.56. The minimum Gasteiger partial charge on any atom is -0.344 e. The van der Waals surface area contributed by atoms with Crippen molar-refractivity contribution in [1.29, 1.82) is 0 Å². The standard InChI is InChI=1S/C17H18N2O2/c1-12-5-7-14(8-6-12)18-17(21)11-19-9-13-3-2-4-16(20)15(13)10-19/h5-10H,2-4,11H2,1H3,(H,18,21). The predicted molar refractivity (Wildman–Crippen MR) is 81.5 cm³/mol. The number of hydrogen-bond acceptors (Lipinski definition) is 2. The Kier molecular flexibility index (Phi) is 3.60. The van der Waals surface area contributed by atoms with Gasteiger partial charge in [0.1, 0.15) is 6.54 Å². The molecule has 1 heterocycles. The lowest BCUT2D eigenvalue weighted by molar-refractivity contribution is -0.116. The quantitative estimate of drug-likeness (QED) is 0.941. The van der Waals surface area contributed by atoms with Gasteiger partial charge >= 0.3 is 0 Å². The van der Waals surface area contributed by atoms with E-state index in [4.69, 9.17) is 0 Å². The first-order valence-electron chi connectivity index (χ1n) is 7.20. The second kappa shape index (κ2) is 5.56. The summed E-state index contributed by atoms with van der Waals surface area (Å²) in [4.78, 5) is 23.8. The smallest absolute Gasteiger partial charge is 0.244 e. The number of hydrogen-bond donors (Lipinski definition) is 1. The molecule has 3 rings (SSSR count). The molecule has 1 aliphatic rings. The van der Waals surface area contributed by atoms with Crippen LogP contribution in [0.1, 0.15) is 34.3 Å². The van der Waals surface area contributed by atoms with Crippen LogP contribution in [-0.4, -0.2) is 16.3 Å². The topological polar surface area (TPSA) is 51.1 Å². The molecule has 4 nitrogen and oxygen atoms in total. The van der Waals surface area contributed by atoms with E-state index in [1.54, 1.807) is 10.8 Å². The lowest BCUT2D eigenvalue weighted by atomic mass is 9.95. The highest BCUT2D eigenvalue weighted by Gasteiger charge is 2.19. The summed E-state index contributed by atoms with van der Waals surface area (Å²) < 4.78 is 1.80. The van der Waals surface area contributed by atoms with Gasteiger partial charge in [0.2, 0.25) is 5.91 Å². The molecule has 0 bridgehead atoms. The van der Waals surface area contributed by atoms with E-state index in [1.807, 2.05) is 37.4 Å². The van der Waals surface area contributed by atoms with Gasteiger partial charge < -0.3 is 9.88 Å². The van der Waals surface area contributed by atoms with Crippen molar-refractivity contribution in [3.63, 3.8) is 0 Å². The third-order valence-corrected chi connectivity index (χ3v) is 3.77. The van der Waals surface area contributed by atoms with E-state index < -0.39 is 0 Å². The molecular formula is C17H18N2O2. The number of ketones is 1. The van der Waals surface area contributed by atoms with Crippen LogP contribution in [0.3, 0.4) is 0 Å². The molecule has 0 aliphatic heterocycles. The minimum absolute atomic E-state index is 0.0846. The van der Waals surface area contributed by atoms with Gasteiger partial charge in [0, 0.05) is 30.1 Å². The van der Waals surface area contributed by atoms with Gasteiger partial charge in [-0.3, -0.25) is 9.59 Å². The van der Waals surface area contributed by atoms with Crippen LogP contribution in [0.2, 0.25) is 0 Å². The number of anilines is 1. The van der Waals surface area contributed by atoms with Crippen LogP contribution in [0.5, 0.6) is 0 Å². The van der Waals surface area contributed by atoms with Crippen molar-refractivity contribution in [1.82, 2.24) is 4.57 Å². The van der Waals surface area contributed by atoms with Crippen molar-refractivity contribution < 1.29 is 9.59 Å². The van der Waals surface area contributed by atoms with Crippen molar-refractivity contribution >= 4 is 17.4 Å². The van der Waals surface area contributed by atoms with E-state index >= 15 is 0 Å². The monoisotopic (exact) mass is 282 g/mol. The third kappa shape index (κ3) is 3.05. The van der Waals surface area contributed by atoms with Crippen molar-refractivity contribution in [2.45, 2.75) is 32.7 Å². The Morgan fingerprint density at radius 2 is 1.95 bits per heavy atom. The summed E-state index contributed by atoms with van der Waals surface area (Å²) >= 11 is 0. The van der Waals surface area contributed by atoms with E-state index in [2.05, 4.69) is 5.32 Å². The Hall–Kier alpha value is -2.36. The van der Waals surface area contributed by atoms with Crippen molar-refractivity contribution in [2.24, 2.45) is 0 Å². The normalized spacial score (nSPS) is 13.9. The van der Waals surface area contributed by atoms with Crippen molar-refractivity contribution in [3.8, 4) is 0 Å². The lowest BCUT2D eigenvalue weighted by Gasteiger charge is -2.07. The van der Waals surface area contributed by atoms with Gasteiger partial charge in [0.25, 0.3) is 0 Å². The van der Waals surface area contributed by atoms with Crippen LogP contribution in [-0.2, 0) is 17.8 Å². The highest BCUT2D eigenvalue weighted by molar-refractivity contribution is 5.98. The van der Waals surface area contributed by atoms with Crippen LogP contribution in [0.15, 0.2) is 36.7 Å². The number of aryl methyl sites for hydroxylation is 2. The first kappa shape index (κ1) is 13.6. The van der Waals surface area contributed by atoms with E-state index in [1.165, 1.54) is 0 Å². The highest BCUT2D eigenvalue weighted by atomic mass is 16.2. The largest absolute Gasteiger partial charge is 0.344 e. The van der Waals surface area contributed by atoms with Gasteiger partial charge in [-0.25, -0.2) is 0 Å². The summed E-state index contributed by atoms with van der Waals surface area (Å²) in [7, 11) is 0. The fraction of sp³-hybridized carbons (Fsp3) is 0.294. The zero-order chi connectivity index (χ0) is 14.8. The Morgan fingerprint density at radius 3 is 2.67 bits per heavy atom. The number of Topliss-reactive ketones (excluding diaryl/α,β-unsaturated/α-hetero) is 1. The zero-order valence-corrected chi connectivity index (χ0v) is 12.1. The van der Waals surface area contributed by atoms with Crippen LogP contribution in [0.25, 0.3) is 0 Å². The number of carbonyl (C=O) groups excluding carboxylic acids is 2. The fourth-order valence-electron chi connectivity index (χ4n) is 2.67. The number of aromatic nitrogens is 1. The predicted octanol–water partition coefficient (Wildman–Crippen LogP) is 2.95. The molecule has 1 aromatic carbocycles.